The molecule has 1 aliphatic heterocycles. The van der Waals surface area contributed by atoms with Crippen molar-refractivity contribution in [2.24, 2.45) is 0 Å². The van der Waals surface area contributed by atoms with Crippen molar-refractivity contribution in [3.63, 3.8) is 0 Å². The third kappa shape index (κ3) is 3.75. The summed E-state index contributed by atoms with van der Waals surface area (Å²) in [6.07, 6.45) is 1.93. The van der Waals surface area contributed by atoms with E-state index in [4.69, 9.17) is 16.3 Å². The number of likely N-dealkylation sites (tertiary alicyclic amines) is 1. The van der Waals surface area contributed by atoms with E-state index in [2.05, 4.69) is 16.0 Å². The Balaban J connectivity index is 1.44. The maximum Gasteiger partial charge on any atom is 0.326 e. The van der Waals surface area contributed by atoms with Crippen LogP contribution in [0.25, 0.3) is 11.0 Å². The molecule has 0 spiro atoms. The number of nitrogens with one attached hydrogen (secondary N) is 1. The lowest BCUT2D eigenvalue weighted by molar-refractivity contribution is 0.179. The minimum Gasteiger partial charge on any atom is -0.492 e. The maximum atomic E-state index is 12.4. The molecule has 27 heavy (non-hydrogen) atoms. The molecule has 2 heterocycles. The first-order chi connectivity index (χ1) is 13.2. The highest BCUT2D eigenvalue weighted by Crippen LogP contribution is 2.28. The van der Waals surface area contributed by atoms with Crippen LogP contribution in [0.2, 0.25) is 5.02 Å². The fraction of sp³-hybridized carbons (Fsp3) is 0.381. The summed E-state index contributed by atoms with van der Waals surface area (Å²) in [4.78, 5) is 17.8. The molecule has 0 atom stereocenters. The number of aromatic nitrogens is 2. The predicted molar refractivity (Wildman–Crippen MR) is 109 cm³/mol. The molecule has 0 aliphatic carbocycles. The molecule has 0 amide bonds. The van der Waals surface area contributed by atoms with Crippen LogP contribution >= 0.6 is 11.6 Å². The number of rotatable bonds is 5. The summed E-state index contributed by atoms with van der Waals surface area (Å²) < 4.78 is 7.53. The lowest BCUT2D eigenvalue weighted by atomic mass is 10.0. The van der Waals surface area contributed by atoms with E-state index in [1.165, 1.54) is 5.56 Å². The zero-order valence-electron chi connectivity index (χ0n) is 15.5. The molecule has 2 aromatic carbocycles. The summed E-state index contributed by atoms with van der Waals surface area (Å²) in [7, 11) is 0. The van der Waals surface area contributed by atoms with Gasteiger partial charge in [-0.3, -0.25) is 9.47 Å². The lowest BCUT2D eigenvalue weighted by Crippen LogP contribution is -2.36. The SMILES string of the molecule is CCOc1cc(CN2CCC(n3c(=O)[nH]c4ccccc43)CC2)ccc1Cl. The van der Waals surface area contributed by atoms with Gasteiger partial charge in [-0.15, -0.1) is 0 Å². The first kappa shape index (κ1) is 18.1. The van der Waals surface area contributed by atoms with Crippen LogP contribution in [0.3, 0.4) is 0 Å². The molecule has 1 aromatic heterocycles. The Morgan fingerprint density at radius 2 is 1.96 bits per heavy atom. The topological polar surface area (TPSA) is 50.3 Å². The molecule has 1 N–H and O–H groups in total. The highest BCUT2D eigenvalue weighted by molar-refractivity contribution is 6.32. The number of aromatic amines is 1. The van der Waals surface area contributed by atoms with Crippen LogP contribution in [0.5, 0.6) is 5.75 Å². The zero-order valence-corrected chi connectivity index (χ0v) is 16.2. The second-order valence-electron chi connectivity index (χ2n) is 7.02. The van der Waals surface area contributed by atoms with E-state index in [-0.39, 0.29) is 11.7 Å². The van der Waals surface area contributed by atoms with Gasteiger partial charge in [-0.2, -0.15) is 0 Å². The predicted octanol–water partition coefficient (Wildman–Crippen LogP) is 4.22. The van der Waals surface area contributed by atoms with Gasteiger partial charge in [0.2, 0.25) is 0 Å². The van der Waals surface area contributed by atoms with Crippen LogP contribution in [-0.2, 0) is 6.54 Å². The summed E-state index contributed by atoms with van der Waals surface area (Å²) in [6, 6.07) is 14.1. The number of halogens is 1. The van der Waals surface area contributed by atoms with Crippen molar-refractivity contribution >= 4 is 22.6 Å². The molecule has 0 unspecified atom stereocenters. The minimum absolute atomic E-state index is 0.00583. The average Bonchev–Trinajstić information content (AvgIpc) is 3.01. The van der Waals surface area contributed by atoms with Crippen molar-refractivity contribution in [2.75, 3.05) is 19.7 Å². The molecule has 5 nitrogen and oxygen atoms in total. The summed E-state index contributed by atoms with van der Waals surface area (Å²) in [6.45, 7) is 5.35. The maximum absolute atomic E-state index is 12.4. The van der Waals surface area contributed by atoms with Crippen molar-refractivity contribution in [2.45, 2.75) is 32.4 Å². The Morgan fingerprint density at radius 1 is 1.19 bits per heavy atom. The van der Waals surface area contributed by atoms with Crippen molar-refractivity contribution in [3.05, 3.63) is 63.5 Å². The van der Waals surface area contributed by atoms with E-state index in [0.717, 1.165) is 49.3 Å². The molecule has 0 radical (unpaired) electrons. The molecule has 6 heteroatoms. The summed E-state index contributed by atoms with van der Waals surface area (Å²) >= 11 is 6.18. The quantitative estimate of drug-likeness (QED) is 0.715. The smallest absolute Gasteiger partial charge is 0.326 e. The van der Waals surface area contributed by atoms with Crippen molar-refractivity contribution in [3.8, 4) is 5.75 Å². The standard InChI is InChI=1S/C21H24ClN3O2/c1-2-27-20-13-15(7-8-17(20)22)14-24-11-9-16(10-12-24)25-19-6-4-3-5-18(19)23-21(25)26/h3-8,13,16H,2,9-12,14H2,1H3,(H,23,26). The Morgan fingerprint density at radius 3 is 2.74 bits per heavy atom. The summed E-state index contributed by atoms with van der Waals surface area (Å²) in [5.74, 6) is 0.747. The Bertz CT molecular complexity index is 987. The fourth-order valence-corrected chi connectivity index (χ4v) is 4.11. The minimum atomic E-state index is -0.00583. The van der Waals surface area contributed by atoms with Crippen LogP contribution < -0.4 is 10.4 Å². The summed E-state index contributed by atoms with van der Waals surface area (Å²) in [5.41, 5.74) is 3.11. The van der Waals surface area contributed by atoms with Gasteiger partial charge in [0.1, 0.15) is 5.75 Å². The van der Waals surface area contributed by atoms with Crippen LogP contribution in [-0.4, -0.2) is 34.1 Å². The van der Waals surface area contributed by atoms with Crippen LogP contribution in [0, 0.1) is 0 Å². The molecule has 142 valence electrons. The molecule has 4 rings (SSSR count). The highest BCUT2D eigenvalue weighted by Gasteiger charge is 2.23. The molecule has 0 bridgehead atoms. The van der Waals surface area contributed by atoms with Crippen LogP contribution in [0.15, 0.2) is 47.3 Å². The Labute approximate surface area is 163 Å². The first-order valence-electron chi connectivity index (χ1n) is 9.48. The van der Waals surface area contributed by atoms with E-state index in [1.807, 2.05) is 47.9 Å². The molecule has 0 saturated carbocycles. The van der Waals surface area contributed by atoms with Crippen molar-refractivity contribution in [1.82, 2.24) is 14.5 Å². The summed E-state index contributed by atoms with van der Waals surface area (Å²) in [5, 5.41) is 0.651. The lowest BCUT2D eigenvalue weighted by Gasteiger charge is -2.32. The second-order valence-corrected chi connectivity index (χ2v) is 7.43. The Kier molecular flexibility index (Phi) is 5.23. The van der Waals surface area contributed by atoms with Gasteiger partial charge in [0.05, 0.1) is 22.7 Å². The second kappa shape index (κ2) is 7.79. The number of benzene rings is 2. The van der Waals surface area contributed by atoms with Gasteiger partial charge in [-0.25, -0.2) is 4.79 Å². The zero-order chi connectivity index (χ0) is 18.8. The average molecular weight is 386 g/mol. The largest absolute Gasteiger partial charge is 0.492 e. The van der Waals surface area contributed by atoms with Gasteiger partial charge in [0, 0.05) is 25.7 Å². The number of hydrogen-bond acceptors (Lipinski definition) is 3. The van der Waals surface area contributed by atoms with Gasteiger partial charge in [-0.05, 0) is 49.6 Å². The van der Waals surface area contributed by atoms with Gasteiger partial charge >= 0.3 is 5.69 Å². The van der Waals surface area contributed by atoms with E-state index in [9.17, 15) is 4.79 Å². The first-order valence-corrected chi connectivity index (χ1v) is 9.86. The molecular weight excluding hydrogens is 362 g/mol. The molecule has 1 aliphatic rings. The molecular formula is C21H24ClN3O2. The van der Waals surface area contributed by atoms with Gasteiger partial charge in [0.15, 0.2) is 0 Å². The number of H-pyrrole nitrogens is 1. The van der Waals surface area contributed by atoms with E-state index in [1.54, 1.807) is 0 Å². The van der Waals surface area contributed by atoms with Gasteiger partial charge in [-0.1, -0.05) is 29.8 Å². The third-order valence-corrected chi connectivity index (χ3v) is 5.56. The van der Waals surface area contributed by atoms with Crippen molar-refractivity contribution in [1.29, 1.82) is 0 Å². The van der Waals surface area contributed by atoms with E-state index in [0.29, 0.717) is 11.6 Å². The fourth-order valence-electron chi connectivity index (χ4n) is 3.94. The van der Waals surface area contributed by atoms with E-state index < -0.39 is 0 Å². The van der Waals surface area contributed by atoms with Crippen LogP contribution in [0.4, 0.5) is 0 Å². The van der Waals surface area contributed by atoms with E-state index >= 15 is 0 Å². The van der Waals surface area contributed by atoms with Crippen molar-refractivity contribution < 1.29 is 4.74 Å². The number of piperidine rings is 1. The van der Waals surface area contributed by atoms with Gasteiger partial charge in [0.25, 0.3) is 0 Å². The number of hydrogen-bond donors (Lipinski definition) is 1. The number of para-hydroxylation sites is 2. The third-order valence-electron chi connectivity index (χ3n) is 5.25. The number of imidazole rings is 1. The number of nitrogens with zero attached hydrogens (tertiary/aromatic N) is 2. The number of ether oxygens (including phenoxy) is 1. The normalized spacial score (nSPS) is 16.1. The molecule has 3 aromatic rings. The molecule has 1 saturated heterocycles. The number of fused-ring (bicyclic) bond motifs is 1. The van der Waals surface area contributed by atoms with Crippen LogP contribution in [0.1, 0.15) is 31.4 Å². The monoisotopic (exact) mass is 385 g/mol. The molecule has 1 fully saturated rings. The Hall–Kier alpha value is -2.24. The highest BCUT2D eigenvalue weighted by atomic mass is 35.5. The van der Waals surface area contributed by atoms with Gasteiger partial charge < -0.3 is 9.72 Å².